The molecular weight excluding hydrogens is 378 g/mol. The molecule has 4 rings (SSSR count). The zero-order valence-corrected chi connectivity index (χ0v) is 16.5. The van der Waals surface area contributed by atoms with Crippen LogP contribution in [-0.2, 0) is 15.6 Å². The summed E-state index contributed by atoms with van der Waals surface area (Å²) in [7, 11) is -3.21. The molecule has 1 amide bonds. The second kappa shape index (κ2) is 7.44. The molecule has 27 heavy (non-hydrogen) atoms. The Hall–Kier alpha value is -2.18. The second-order valence-electron chi connectivity index (χ2n) is 6.93. The fraction of sp³-hybridized carbons (Fsp3) is 0.286. The molecule has 1 fully saturated rings. The molecule has 0 bridgehead atoms. The van der Waals surface area contributed by atoms with E-state index in [9.17, 15) is 13.2 Å². The van der Waals surface area contributed by atoms with Crippen LogP contribution in [0.1, 0.15) is 28.1 Å². The molecule has 0 saturated carbocycles. The van der Waals surface area contributed by atoms with Gasteiger partial charge in [0, 0.05) is 17.8 Å². The molecule has 0 aliphatic carbocycles. The topological polar surface area (TPSA) is 54.5 Å². The quantitative estimate of drug-likeness (QED) is 0.663. The molecule has 2 heterocycles. The maximum atomic E-state index is 12.8. The number of rotatable bonds is 4. The Kier molecular flexibility index (Phi) is 5.02. The molecule has 0 unspecified atom stereocenters. The summed E-state index contributed by atoms with van der Waals surface area (Å²) < 4.78 is 26.5. The zero-order chi connectivity index (χ0) is 18.9. The molecule has 1 aliphatic heterocycles. The number of hydrogen-bond acceptors (Lipinski definition) is 4. The largest absolute Gasteiger partial charge is 0.338 e. The van der Waals surface area contributed by atoms with Crippen molar-refractivity contribution in [3.8, 4) is 0 Å². The lowest BCUT2D eigenvalue weighted by molar-refractivity contribution is 0.0730. The summed E-state index contributed by atoms with van der Waals surface area (Å²) >= 11 is 1.50. The fourth-order valence-corrected chi connectivity index (χ4v) is 6.44. The van der Waals surface area contributed by atoms with E-state index in [0.717, 1.165) is 20.5 Å². The van der Waals surface area contributed by atoms with Gasteiger partial charge in [0.15, 0.2) is 9.84 Å². The number of fused-ring (bicyclic) bond motifs is 1. The predicted octanol–water partition coefficient (Wildman–Crippen LogP) is 4.12. The number of piperidine rings is 1. The van der Waals surface area contributed by atoms with Crippen LogP contribution in [-0.4, -0.2) is 37.6 Å². The van der Waals surface area contributed by atoms with E-state index in [1.807, 2.05) is 60.7 Å². The summed E-state index contributed by atoms with van der Waals surface area (Å²) in [5.41, 5.74) is 0.821. The van der Waals surface area contributed by atoms with Gasteiger partial charge in [-0.3, -0.25) is 4.79 Å². The summed E-state index contributed by atoms with van der Waals surface area (Å²) in [5.74, 6) is 0.0815. The Morgan fingerprint density at radius 3 is 2.37 bits per heavy atom. The number of likely N-dealkylation sites (tertiary alicyclic amines) is 1. The molecule has 1 aromatic heterocycles. The summed E-state index contributed by atoms with van der Waals surface area (Å²) in [5, 5.41) is 0.704. The van der Waals surface area contributed by atoms with Crippen molar-refractivity contribution in [2.75, 3.05) is 13.1 Å². The third kappa shape index (κ3) is 3.92. The standard InChI is InChI=1S/C21H21NO3S2/c23-21(20-14-17-8-4-5-9-19(17)26-20)22-12-10-18(11-13-22)27(24,25)15-16-6-2-1-3-7-16/h1-9,14,18H,10-13,15H2. The van der Waals surface area contributed by atoms with Crippen LogP contribution >= 0.6 is 11.3 Å². The Balaban J connectivity index is 1.41. The van der Waals surface area contributed by atoms with Crippen molar-refractivity contribution in [2.24, 2.45) is 0 Å². The van der Waals surface area contributed by atoms with Crippen molar-refractivity contribution in [3.63, 3.8) is 0 Å². The number of hydrogen-bond donors (Lipinski definition) is 0. The van der Waals surface area contributed by atoms with E-state index in [4.69, 9.17) is 0 Å². The van der Waals surface area contributed by atoms with Crippen LogP contribution < -0.4 is 0 Å². The first-order valence-corrected chi connectivity index (χ1v) is 11.6. The van der Waals surface area contributed by atoms with Crippen LogP contribution in [0.2, 0.25) is 0 Å². The van der Waals surface area contributed by atoms with Crippen LogP contribution in [0, 0.1) is 0 Å². The molecule has 140 valence electrons. The number of benzene rings is 2. The third-order valence-corrected chi connectivity index (χ3v) is 8.41. The molecule has 4 nitrogen and oxygen atoms in total. The van der Waals surface area contributed by atoms with Gasteiger partial charge in [0.05, 0.1) is 15.9 Å². The van der Waals surface area contributed by atoms with Crippen LogP contribution in [0.5, 0.6) is 0 Å². The first kappa shape index (κ1) is 18.2. The smallest absolute Gasteiger partial charge is 0.263 e. The van der Waals surface area contributed by atoms with Crippen molar-refractivity contribution < 1.29 is 13.2 Å². The second-order valence-corrected chi connectivity index (χ2v) is 10.3. The highest BCUT2D eigenvalue weighted by Gasteiger charge is 2.32. The minimum absolute atomic E-state index is 0.00936. The molecule has 1 aliphatic rings. The van der Waals surface area contributed by atoms with Gasteiger partial charge in [0.2, 0.25) is 0 Å². The van der Waals surface area contributed by atoms with E-state index < -0.39 is 9.84 Å². The lowest BCUT2D eigenvalue weighted by Crippen LogP contribution is -2.42. The Labute approximate surface area is 163 Å². The van der Waals surface area contributed by atoms with Crippen molar-refractivity contribution in [1.82, 2.24) is 4.90 Å². The van der Waals surface area contributed by atoms with E-state index >= 15 is 0 Å². The molecule has 0 spiro atoms. The number of nitrogens with zero attached hydrogens (tertiary/aromatic N) is 1. The number of thiophene rings is 1. The van der Waals surface area contributed by atoms with Crippen molar-refractivity contribution in [2.45, 2.75) is 23.8 Å². The van der Waals surface area contributed by atoms with Crippen molar-refractivity contribution in [3.05, 3.63) is 71.1 Å². The molecule has 0 N–H and O–H groups in total. The number of sulfone groups is 1. The van der Waals surface area contributed by atoms with Gasteiger partial charge in [-0.2, -0.15) is 0 Å². The summed E-state index contributed by atoms with van der Waals surface area (Å²) in [4.78, 5) is 15.3. The number of carbonyl (C=O) groups is 1. The molecular formula is C21H21NO3S2. The first-order valence-electron chi connectivity index (χ1n) is 9.06. The molecule has 6 heteroatoms. The van der Waals surface area contributed by atoms with E-state index in [1.54, 1.807) is 4.90 Å². The minimum atomic E-state index is -3.21. The molecule has 3 aromatic rings. The van der Waals surface area contributed by atoms with Gasteiger partial charge in [-0.15, -0.1) is 11.3 Å². The number of carbonyl (C=O) groups excluding carboxylic acids is 1. The van der Waals surface area contributed by atoms with Crippen molar-refractivity contribution >= 4 is 37.2 Å². The normalized spacial score (nSPS) is 15.9. The molecule has 2 aromatic carbocycles. The van der Waals surface area contributed by atoms with Gasteiger partial charge in [-0.05, 0) is 35.9 Å². The Morgan fingerprint density at radius 1 is 1.00 bits per heavy atom. The Morgan fingerprint density at radius 2 is 1.67 bits per heavy atom. The van der Waals surface area contributed by atoms with Gasteiger partial charge >= 0.3 is 0 Å². The highest BCUT2D eigenvalue weighted by Crippen LogP contribution is 2.28. The average Bonchev–Trinajstić information content (AvgIpc) is 3.12. The number of amides is 1. The van der Waals surface area contributed by atoms with Crippen LogP contribution in [0.3, 0.4) is 0 Å². The molecule has 0 radical (unpaired) electrons. The predicted molar refractivity (Wildman–Crippen MR) is 110 cm³/mol. The SMILES string of the molecule is O=C(c1cc2ccccc2s1)N1CCC(S(=O)(=O)Cc2ccccc2)CC1. The van der Waals surface area contributed by atoms with Gasteiger partial charge in [0.25, 0.3) is 5.91 Å². The van der Waals surface area contributed by atoms with Gasteiger partial charge in [-0.25, -0.2) is 8.42 Å². The Bertz CT molecular complexity index is 1020. The first-order chi connectivity index (χ1) is 13.0. The van der Waals surface area contributed by atoms with E-state index in [2.05, 4.69) is 0 Å². The van der Waals surface area contributed by atoms with Crippen LogP contribution in [0.25, 0.3) is 10.1 Å². The molecule has 1 saturated heterocycles. The lowest BCUT2D eigenvalue weighted by Gasteiger charge is -2.31. The minimum Gasteiger partial charge on any atom is -0.338 e. The van der Waals surface area contributed by atoms with E-state index in [0.29, 0.717) is 25.9 Å². The van der Waals surface area contributed by atoms with E-state index in [-0.39, 0.29) is 16.9 Å². The zero-order valence-electron chi connectivity index (χ0n) is 14.9. The highest BCUT2D eigenvalue weighted by atomic mass is 32.2. The molecule has 0 atom stereocenters. The van der Waals surface area contributed by atoms with Crippen molar-refractivity contribution in [1.29, 1.82) is 0 Å². The fourth-order valence-electron chi connectivity index (χ4n) is 3.59. The van der Waals surface area contributed by atoms with Gasteiger partial charge in [0.1, 0.15) is 0 Å². The lowest BCUT2D eigenvalue weighted by atomic mass is 10.1. The average molecular weight is 400 g/mol. The third-order valence-electron chi connectivity index (χ3n) is 5.08. The summed E-state index contributed by atoms with van der Waals surface area (Å²) in [6.07, 6.45) is 1.01. The summed E-state index contributed by atoms with van der Waals surface area (Å²) in [6.45, 7) is 0.984. The highest BCUT2D eigenvalue weighted by molar-refractivity contribution is 7.91. The van der Waals surface area contributed by atoms with Gasteiger partial charge < -0.3 is 4.90 Å². The van der Waals surface area contributed by atoms with E-state index in [1.165, 1.54) is 11.3 Å². The monoisotopic (exact) mass is 399 g/mol. The summed E-state index contributed by atoms with van der Waals surface area (Å²) in [6, 6.07) is 19.2. The maximum Gasteiger partial charge on any atom is 0.263 e. The van der Waals surface area contributed by atoms with Crippen LogP contribution in [0.15, 0.2) is 60.7 Å². The van der Waals surface area contributed by atoms with Crippen LogP contribution in [0.4, 0.5) is 0 Å². The van der Waals surface area contributed by atoms with Gasteiger partial charge in [-0.1, -0.05) is 48.5 Å². The maximum absolute atomic E-state index is 12.8.